The lowest BCUT2D eigenvalue weighted by molar-refractivity contribution is 0.102. The zero-order valence-electron chi connectivity index (χ0n) is 11.4. The molecular weight excluding hydrogens is 236 g/mol. The summed E-state index contributed by atoms with van der Waals surface area (Å²) in [5.41, 5.74) is 11.0. The number of carbonyl (C=O) groups excluding carboxylic acids is 1. The molecule has 3 nitrogen and oxygen atoms in total. The highest BCUT2D eigenvalue weighted by Gasteiger charge is 2.11. The Balaban J connectivity index is 2.26. The summed E-state index contributed by atoms with van der Waals surface area (Å²) < 4.78 is 0. The average molecular weight is 254 g/mol. The van der Waals surface area contributed by atoms with Gasteiger partial charge in [-0.25, -0.2) is 0 Å². The van der Waals surface area contributed by atoms with Crippen LogP contribution >= 0.6 is 0 Å². The molecule has 2 aromatic rings. The first-order valence-corrected chi connectivity index (χ1v) is 6.22. The largest absolute Gasteiger partial charge is 0.398 e. The molecule has 0 aromatic heterocycles. The molecule has 0 saturated heterocycles. The second-order valence-electron chi connectivity index (χ2n) is 4.79. The summed E-state index contributed by atoms with van der Waals surface area (Å²) in [5, 5.41) is 2.88. The summed E-state index contributed by atoms with van der Waals surface area (Å²) in [6, 6.07) is 11.3. The van der Waals surface area contributed by atoms with Crippen LogP contribution in [0.15, 0.2) is 36.4 Å². The molecule has 19 heavy (non-hydrogen) atoms. The van der Waals surface area contributed by atoms with Crippen LogP contribution in [0.4, 0.5) is 11.4 Å². The molecule has 0 aliphatic carbocycles. The van der Waals surface area contributed by atoms with Gasteiger partial charge < -0.3 is 11.1 Å². The number of hydrogen-bond acceptors (Lipinski definition) is 2. The van der Waals surface area contributed by atoms with Gasteiger partial charge in [0, 0.05) is 11.4 Å². The van der Waals surface area contributed by atoms with Crippen molar-refractivity contribution >= 4 is 17.3 Å². The maximum atomic E-state index is 12.2. The van der Waals surface area contributed by atoms with E-state index in [9.17, 15) is 4.79 Å². The Morgan fingerprint density at radius 2 is 1.74 bits per heavy atom. The van der Waals surface area contributed by atoms with Crippen molar-refractivity contribution in [1.29, 1.82) is 0 Å². The van der Waals surface area contributed by atoms with Gasteiger partial charge in [0.05, 0.1) is 5.56 Å². The van der Waals surface area contributed by atoms with Crippen molar-refractivity contribution in [3.63, 3.8) is 0 Å². The average Bonchev–Trinajstić information content (AvgIpc) is 2.37. The van der Waals surface area contributed by atoms with Gasteiger partial charge >= 0.3 is 0 Å². The van der Waals surface area contributed by atoms with Crippen LogP contribution in [0.2, 0.25) is 0 Å². The van der Waals surface area contributed by atoms with E-state index in [0.717, 1.165) is 16.8 Å². The molecule has 0 unspecified atom stereocenters. The van der Waals surface area contributed by atoms with E-state index in [1.54, 1.807) is 6.07 Å². The van der Waals surface area contributed by atoms with Crippen molar-refractivity contribution < 1.29 is 4.79 Å². The number of nitrogen functional groups attached to an aromatic ring is 1. The highest BCUT2D eigenvalue weighted by molar-refractivity contribution is 6.08. The third kappa shape index (κ3) is 2.76. The second kappa shape index (κ2) is 5.14. The Labute approximate surface area is 113 Å². The molecule has 0 aliphatic rings. The van der Waals surface area contributed by atoms with Crippen LogP contribution in [-0.4, -0.2) is 5.91 Å². The normalized spacial score (nSPS) is 10.3. The standard InChI is InChI=1S/C16H18N2O/c1-10-7-8-13(9-12(10)3)18-16(19)14-6-4-5-11(2)15(14)17/h4-9H,17H2,1-3H3,(H,18,19). The summed E-state index contributed by atoms with van der Waals surface area (Å²) in [6.07, 6.45) is 0. The molecule has 0 spiro atoms. The Kier molecular flexibility index (Phi) is 3.56. The fourth-order valence-corrected chi connectivity index (χ4v) is 1.90. The summed E-state index contributed by atoms with van der Waals surface area (Å²) >= 11 is 0. The quantitative estimate of drug-likeness (QED) is 0.806. The fraction of sp³-hybridized carbons (Fsp3) is 0.188. The van der Waals surface area contributed by atoms with Crippen LogP contribution < -0.4 is 11.1 Å². The van der Waals surface area contributed by atoms with Gasteiger partial charge in [0.1, 0.15) is 0 Å². The first-order chi connectivity index (χ1) is 8.99. The SMILES string of the molecule is Cc1ccc(NC(=O)c2cccc(C)c2N)cc1C. The van der Waals surface area contributed by atoms with E-state index >= 15 is 0 Å². The summed E-state index contributed by atoms with van der Waals surface area (Å²) in [7, 11) is 0. The minimum atomic E-state index is -0.176. The van der Waals surface area contributed by atoms with E-state index in [2.05, 4.69) is 5.32 Å². The second-order valence-corrected chi connectivity index (χ2v) is 4.79. The van der Waals surface area contributed by atoms with E-state index in [-0.39, 0.29) is 5.91 Å². The lowest BCUT2D eigenvalue weighted by atomic mass is 10.1. The number of rotatable bonds is 2. The predicted molar refractivity (Wildman–Crippen MR) is 79.5 cm³/mol. The van der Waals surface area contributed by atoms with Crippen molar-refractivity contribution in [3.8, 4) is 0 Å². The molecule has 0 saturated carbocycles. The Morgan fingerprint density at radius 1 is 1.00 bits per heavy atom. The summed E-state index contributed by atoms with van der Waals surface area (Å²) in [6.45, 7) is 5.95. The fourth-order valence-electron chi connectivity index (χ4n) is 1.90. The maximum absolute atomic E-state index is 12.2. The first kappa shape index (κ1) is 13.1. The Hall–Kier alpha value is -2.29. The van der Waals surface area contributed by atoms with Crippen LogP contribution in [0, 0.1) is 20.8 Å². The minimum absolute atomic E-state index is 0.176. The molecule has 3 heteroatoms. The van der Waals surface area contributed by atoms with Gasteiger partial charge in [0.15, 0.2) is 0 Å². The molecular formula is C16H18N2O. The van der Waals surface area contributed by atoms with Crippen LogP contribution in [0.3, 0.4) is 0 Å². The van der Waals surface area contributed by atoms with E-state index < -0.39 is 0 Å². The van der Waals surface area contributed by atoms with E-state index in [0.29, 0.717) is 11.3 Å². The number of amides is 1. The molecule has 2 rings (SSSR count). The molecule has 3 N–H and O–H groups in total. The monoisotopic (exact) mass is 254 g/mol. The Bertz CT molecular complexity index is 633. The van der Waals surface area contributed by atoms with E-state index in [1.165, 1.54) is 5.56 Å². The smallest absolute Gasteiger partial charge is 0.257 e. The number of hydrogen-bond donors (Lipinski definition) is 2. The van der Waals surface area contributed by atoms with Crippen LogP contribution in [0.25, 0.3) is 0 Å². The Morgan fingerprint density at radius 3 is 2.42 bits per heavy atom. The predicted octanol–water partition coefficient (Wildman–Crippen LogP) is 3.45. The summed E-state index contributed by atoms with van der Waals surface area (Å²) in [5.74, 6) is -0.176. The van der Waals surface area contributed by atoms with Gasteiger partial charge in [-0.3, -0.25) is 4.79 Å². The van der Waals surface area contributed by atoms with Crippen LogP contribution in [0.1, 0.15) is 27.0 Å². The molecule has 0 aliphatic heterocycles. The number of para-hydroxylation sites is 1. The molecule has 0 radical (unpaired) electrons. The molecule has 98 valence electrons. The summed E-state index contributed by atoms with van der Waals surface area (Å²) in [4.78, 5) is 12.2. The number of benzene rings is 2. The minimum Gasteiger partial charge on any atom is -0.398 e. The van der Waals surface area contributed by atoms with Gasteiger partial charge in [-0.2, -0.15) is 0 Å². The van der Waals surface area contributed by atoms with Crippen molar-refractivity contribution in [2.24, 2.45) is 0 Å². The van der Waals surface area contributed by atoms with Crippen molar-refractivity contribution in [1.82, 2.24) is 0 Å². The molecule has 0 atom stereocenters. The van der Waals surface area contributed by atoms with Crippen molar-refractivity contribution in [2.75, 3.05) is 11.1 Å². The lowest BCUT2D eigenvalue weighted by Crippen LogP contribution is -2.14. The maximum Gasteiger partial charge on any atom is 0.257 e. The van der Waals surface area contributed by atoms with Crippen LogP contribution in [-0.2, 0) is 0 Å². The van der Waals surface area contributed by atoms with Gasteiger partial charge in [0.25, 0.3) is 5.91 Å². The number of anilines is 2. The van der Waals surface area contributed by atoms with Crippen LogP contribution in [0.5, 0.6) is 0 Å². The highest BCUT2D eigenvalue weighted by Crippen LogP contribution is 2.19. The zero-order chi connectivity index (χ0) is 14.0. The molecule has 0 heterocycles. The van der Waals surface area contributed by atoms with Gasteiger partial charge in [-0.1, -0.05) is 18.2 Å². The van der Waals surface area contributed by atoms with Crippen molar-refractivity contribution in [2.45, 2.75) is 20.8 Å². The van der Waals surface area contributed by atoms with Crippen molar-refractivity contribution in [3.05, 3.63) is 58.7 Å². The number of carbonyl (C=O) groups is 1. The third-order valence-electron chi connectivity index (χ3n) is 3.33. The number of nitrogens with two attached hydrogens (primary N) is 1. The number of aryl methyl sites for hydroxylation is 3. The van der Waals surface area contributed by atoms with Gasteiger partial charge in [-0.05, 0) is 55.7 Å². The number of nitrogens with one attached hydrogen (secondary N) is 1. The van der Waals surface area contributed by atoms with Gasteiger partial charge in [0.2, 0.25) is 0 Å². The zero-order valence-corrected chi connectivity index (χ0v) is 11.4. The molecule has 1 amide bonds. The van der Waals surface area contributed by atoms with Gasteiger partial charge in [-0.15, -0.1) is 0 Å². The first-order valence-electron chi connectivity index (χ1n) is 6.22. The highest BCUT2D eigenvalue weighted by atomic mass is 16.1. The molecule has 0 bridgehead atoms. The molecule has 2 aromatic carbocycles. The topological polar surface area (TPSA) is 55.1 Å². The third-order valence-corrected chi connectivity index (χ3v) is 3.33. The van der Waals surface area contributed by atoms with E-state index in [1.807, 2.05) is 51.1 Å². The van der Waals surface area contributed by atoms with E-state index in [4.69, 9.17) is 5.73 Å². The lowest BCUT2D eigenvalue weighted by Gasteiger charge is -2.10. The molecule has 0 fully saturated rings.